The first-order chi connectivity index (χ1) is 8.85. The minimum absolute atomic E-state index is 0.0952. The molecule has 0 unspecified atom stereocenters. The molecule has 1 aliphatic heterocycles. The van der Waals surface area contributed by atoms with Gasteiger partial charge < -0.3 is 15.5 Å². The molecule has 19 heavy (non-hydrogen) atoms. The Labute approximate surface area is 115 Å². The van der Waals surface area contributed by atoms with Crippen LogP contribution in [0.5, 0.6) is 0 Å². The fraction of sp³-hybridized carbons (Fsp3) is 0.533. The third kappa shape index (κ3) is 3.63. The number of hydrogen-bond acceptors (Lipinski definition) is 2. The van der Waals surface area contributed by atoms with Crippen LogP contribution in [-0.2, 0) is 6.42 Å². The molecule has 0 atom stereocenters. The average Bonchev–Trinajstić information content (AvgIpc) is 2.67. The van der Waals surface area contributed by atoms with Gasteiger partial charge in [-0.15, -0.1) is 0 Å². The maximum Gasteiger partial charge on any atom is 0.319 e. The minimum Gasteiger partial charge on any atom is -0.374 e. The van der Waals surface area contributed by atoms with E-state index < -0.39 is 0 Å². The lowest BCUT2D eigenvalue weighted by Crippen LogP contribution is -2.35. The van der Waals surface area contributed by atoms with Gasteiger partial charge in [0.2, 0.25) is 0 Å². The maximum atomic E-state index is 11.8. The summed E-state index contributed by atoms with van der Waals surface area (Å²) in [5, 5.41) is 5.78. The summed E-state index contributed by atoms with van der Waals surface area (Å²) in [6.45, 7) is 8.00. The monoisotopic (exact) mass is 261 g/mol. The van der Waals surface area contributed by atoms with Crippen LogP contribution in [0.3, 0.4) is 0 Å². The number of carbonyl (C=O) groups excluding carboxylic acids is 1. The third-order valence-corrected chi connectivity index (χ3v) is 3.24. The molecule has 0 saturated heterocycles. The second kappa shape index (κ2) is 5.11. The molecule has 1 heterocycles. The first-order valence-electron chi connectivity index (χ1n) is 6.74. The van der Waals surface area contributed by atoms with Gasteiger partial charge in [0.15, 0.2) is 0 Å². The molecule has 2 N–H and O–H groups in total. The van der Waals surface area contributed by atoms with Crippen molar-refractivity contribution in [2.75, 3.05) is 30.4 Å². The summed E-state index contributed by atoms with van der Waals surface area (Å²) < 4.78 is 0. The van der Waals surface area contributed by atoms with Crippen molar-refractivity contribution in [1.82, 2.24) is 5.32 Å². The number of amides is 2. The summed E-state index contributed by atoms with van der Waals surface area (Å²) in [5.74, 6) is 0. The Balaban J connectivity index is 1.95. The standard InChI is InChI=1S/C15H23N3O/c1-15(2,3)10-16-14(19)17-12-5-6-13-11(9-12)7-8-18(13)4/h5-6,9H,7-8,10H2,1-4H3,(H2,16,17,19). The van der Waals surface area contributed by atoms with Gasteiger partial charge in [0.25, 0.3) is 0 Å². The van der Waals surface area contributed by atoms with Gasteiger partial charge in [-0.05, 0) is 35.6 Å². The Morgan fingerprint density at radius 3 is 2.79 bits per heavy atom. The summed E-state index contributed by atoms with van der Waals surface area (Å²) >= 11 is 0. The summed E-state index contributed by atoms with van der Waals surface area (Å²) in [6.07, 6.45) is 1.05. The molecule has 2 amide bonds. The molecule has 0 spiro atoms. The van der Waals surface area contributed by atoms with Gasteiger partial charge in [0.1, 0.15) is 0 Å². The molecule has 1 aliphatic rings. The topological polar surface area (TPSA) is 44.4 Å². The van der Waals surface area contributed by atoms with Crippen LogP contribution in [0.4, 0.5) is 16.2 Å². The van der Waals surface area contributed by atoms with Crippen molar-refractivity contribution in [3.8, 4) is 0 Å². The van der Waals surface area contributed by atoms with E-state index in [1.54, 1.807) is 0 Å². The molecule has 4 heteroatoms. The van der Waals surface area contributed by atoms with E-state index >= 15 is 0 Å². The fourth-order valence-electron chi connectivity index (χ4n) is 2.17. The van der Waals surface area contributed by atoms with Gasteiger partial charge in [0.05, 0.1) is 0 Å². The van der Waals surface area contributed by atoms with Gasteiger partial charge >= 0.3 is 6.03 Å². The van der Waals surface area contributed by atoms with Crippen molar-refractivity contribution >= 4 is 17.4 Å². The quantitative estimate of drug-likeness (QED) is 0.860. The number of nitrogens with zero attached hydrogens (tertiary/aromatic N) is 1. The molecule has 1 aromatic carbocycles. The van der Waals surface area contributed by atoms with Crippen LogP contribution in [0.25, 0.3) is 0 Å². The molecule has 0 bridgehead atoms. The van der Waals surface area contributed by atoms with E-state index in [0.29, 0.717) is 6.54 Å². The van der Waals surface area contributed by atoms with Crippen molar-refractivity contribution in [1.29, 1.82) is 0 Å². The van der Waals surface area contributed by atoms with Crippen LogP contribution in [0.2, 0.25) is 0 Å². The smallest absolute Gasteiger partial charge is 0.319 e. The van der Waals surface area contributed by atoms with E-state index in [1.807, 2.05) is 6.07 Å². The van der Waals surface area contributed by atoms with Crippen LogP contribution >= 0.6 is 0 Å². The predicted octanol–water partition coefficient (Wildman–Crippen LogP) is 2.85. The van der Waals surface area contributed by atoms with Crippen LogP contribution in [-0.4, -0.2) is 26.2 Å². The van der Waals surface area contributed by atoms with Crippen molar-refractivity contribution in [2.24, 2.45) is 5.41 Å². The van der Waals surface area contributed by atoms with Crippen molar-refractivity contribution in [3.05, 3.63) is 23.8 Å². The number of carbonyl (C=O) groups is 1. The number of urea groups is 1. The molecule has 104 valence electrons. The van der Waals surface area contributed by atoms with E-state index in [0.717, 1.165) is 18.7 Å². The maximum absolute atomic E-state index is 11.8. The second-order valence-corrected chi connectivity index (χ2v) is 6.38. The molecule has 1 aromatic rings. The van der Waals surface area contributed by atoms with Crippen molar-refractivity contribution < 1.29 is 4.79 Å². The molecule has 0 aliphatic carbocycles. The highest BCUT2D eigenvalue weighted by Gasteiger charge is 2.16. The van der Waals surface area contributed by atoms with E-state index in [9.17, 15) is 4.79 Å². The molecule has 0 fully saturated rings. The molecular weight excluding hydrogens is 238 g/mol. The largest absolute Gasteiger partial charge is 0.374 e. The zero-order chi connectivity index (χ0) is 14.0. The summed E-state index contributed by atoms with van der Waals surface area (Å²) in [6, 6.07) is 5.95. The lowest BCUT2D eigenvalue weighted by Gasteiger charge is -2.19. The number of nitrogens with one attached hydrogen (secondary N) is 2. The van der Waals surface area contributed by atoms with Crippen LogP contribution in [0, 0.1) is 5.41 Å². The van der Waals surface area contributed by atoms with Gasteiger partial charge in [0, 0.05) is 31.5 Å². The van der Waals surface area contributed by atoms with Gasteiger partial charge in [-0.1, -0.05) is 20.8 Å². The number of hydrogen-bond donors (Lipinski definition) is 2. The Morgan fingerprint density at radius 1 is 1.37 bits per heavy atom. The van der Waals surface area contributed by atoms with Crippen molar-refractivity contribution in [2.45, 2.75) is 27.2 Å². The highest BCUT2D eigenvalue weighted by Crippen LogP contribution is 2.29. The normalized spacial score (nSPS) is 14.2. The van der Waals surface area contributed by atoms with Crippen LogP contribution < -0.4 is 15.5 Å². The fourth-order valence-corrected chi connectivity index (χ4v) is 2.17. The highest BCUT2D eigenvalue weighted by molar-refractivity contribution is 5.89. The Kier molecular flexibility index (Phi) is 3.69. The van der Waals surface area contributed by atoms with Crippen LogP contribution in [0.1, 0.15) is 26.3 Å². The lowest BCUT2D eigenvalue weighted by molar-refractivity contribution is 0.247. The number of benzene rings is 1. The molecule has 0 aromatic heterocycles. The highest BCUT2D eigenvalue weighted by atomic mass is 16.2. The first kappa shape index (κ1) is 13.7. The van der Waals surface area contributed by atoms with Gasteiger partial charge in [-0.2, -0.15) is 0 Å². The zero-order valence-electron chi connectivity index (χ0n) is 12.2. The number of likely N-dealkylation sites (N-methyl/N-ethyl adjacent to an activating group) is 1. The SMILES string of the molecule is CN1CCc2cc(NC(=O)NCC(C)(C)C)ccc21. The van der Waals surface area contributed by atoms with E-state index in [1.165, 1.54) is 11.3 Å². The summed E-state index contributed by atoms with van der Waals surface area (Å²) in [4.78, 5) is 14.0. The first-order valence-corrected chi connectivity index (χ1v) is 6.74. The molecule has 0 saturated carbocycles. The van der Waals surface area contributed by atoms with Crippen LogP contribution in [0.15, 0.2) is 18.2 Å². The van der Waals surface area contributed by atoms with Gasteiger partial charge in [-0.3, -0.25) is 0 Å². The summed E-state index contributed by atoms with van der Waals surface area (Å²) in [5.41, 5.74) is 3.52. The minimum atomic E-state index is -0.138. The second-order valence-electron chi connectivity index (χ2n) is 6.38. The Bertz CT molecular complexity index is 477. The Morgan fingerprint density at radius 2 is 2.11 bits per heavy atom. The average molecular weight is 261 g/mol. The Hall–Kier alpha value is -1.71. The third-order valence-electron chi connectivity index (χ3n) is 3.24. The molecule has 0 radical (unpaired) electrons. The lowest BCUT2D eigenvalue weighted by atomic mass is 9.97. The molecule has 4 nitrogen and oxygen atoms in total. The van der Waals surface area contributed by atoms with E-state index in [4.69, 9.17) is 0 Å². The number of anilines is 2. The molecule has 2 rings (SSSR count). The zero-order valence-corrected chi connectivity index (χ0v) is 12.2. The van der Waals surface area contributed by atoms with Gasteiger partial charge in [-0.25, -0.2) is 4.79 Å². The molecular formula is C15H23N3O. The van der Waals surface area contributed by atoms with E-state index in [2.05, 4.69) is 55.5 Å². The van der Waals surface area contributed by atoms with E-state index in [-0.39, 0.29) is 11.4 Å². The summed E-state index contributed by atoms with van der Waals surface area (Å²) in [7, 11) is 2.09. The number of rotatable bonds is 2. The predicted molar refractivity (Wildman–Crippen MR) is 79.9 cm³/mol. The van der Waals surface area contributed by atoms with Crippen molar-refractivity contribution in [3.63, 3.8) is 0 Å². The number of fused-ring (bicyclic) bond motifs is 1.